The summed E-state index contributed by atoms with van der Waals surface area (Å²) in [6.07, 6.45) is 4.55. The van der Waals surface area contributed by atoms with Crippen molar-refractivity contribution in [2.45, 2.75) is 46.1 Å². The Labute approximate surface area is 120 Å². The highest BCUT2D eigenvalue weighted by atomic mass is 16.5. The summed E-state index contributed by atoms with van der Waals surface area (Å²) in [5, 5.41) is 7.89. The predicted octanol–water partition coefficient (Wildman–Crippen LogP) is 2.62. The number of ether oxygens (including phenoxy) is 1. The van der Waals surface area contributed by atoms with Gasteiger partial charge in [0.15, 0.2) is 0 Å². The highest BCUT2D eigenvalue weighted by molar-refractivity contribution is 5.56. The van der Waals surface area contributed by atoms with Crippen LogP contribution in [0.4, 0.5) is 0 Å². The van der Waals surface area contributed by atoms with E-state index < -0.39 is 0 Å². The minimum Gasteiger partial charge on any atom is -0.476 e. The molecule has 0 atom stereocenters. The minimum atomic E-state index is 0.401. The Morgan fingerprint density at radius 2 is 2.10 bits per heavy atom. The van der Waals surface area contributed by atoms with E-state index >= 15 is 0 Å². The molecular formula is C15H24N4O. The number of hydrogen-bond donors (Lipinski definition) is 1. The summed E-state index contributed by atoms with van der Waals surface area (Å²) in [5.74, 6) is 1.06. The molecular weight excluding hydrogens is 252 g/mol. The molecule has 0 spiro atoms. The molecule has 1 N–H and O–H groups in total. The predicted molar refractivity (Wildman–Crippen MR) is 80.3 cm³/mol. The van der Waals surface area contributed by atoms with Gasteiger partial charge >= 0.3 is 0 Å². The Morgan fingerprint density at radius 3 is 2.80 bits per heavy atom. The van der Waals surface area contributed by atoms with Gasteiger partial charge in [-0.25, -0.2) is 9.50 Å². The van der Waals surface area contributed by atoms with E-state index in [1.165, 1.54) is 0 Å². The largest absolute Gasteiger partial charge is 0.476 e. The first kappa shape index (κ1) is 14.8. The molecule has 0 saturated carbocycles. The van der Waals surface area contributed by atoms with Crippen molar-refractivity contribution in [2.75, 3.05) is 13.2 Å². The molecule has 0 aromatic carbocycles. The second kappa shape index (κ2) is 6.70. The second-order valence-electron chi connectivity index (χ2n) is 5.60. The molecule has 0 aliphatic heterocycles. The van der Waals surface area contributed by atoms with E-state index in [2.05, 4.69) is 49.2 Å². The van der Waals surface area contributed by atoms with Gasteiger partial charge in [-0.1, -0.05) is 27.7 Å². The lowest BCUT2D eigenvalue weighted by Crippen LogP contribution is -2.24. The standard InChI is InChI=1S/C15H24N4O/c1-11(2)13-10-14-15(17-7-8-19(14)18-13)20-9-5-6-16-12(3)4/h7-8,10-12,16H,5-6,9H2,1-4H3. The molecule has 0 bridgehead atoms. The molecule has 2 aromatic heterocycles. The molecule has 0 radical (unpaired) electrons. The van der Waals surface area contributed by atoms with Crippen LogP contribution >= 0.6 is 0 Å². The third kappa shape index (κ3) is 3.70. The summed E-state index contributed by atoms with van der Waals surface area (Å²) in [5.41, 5.74) is 2.00. The zero-order valence-corrected chi connectivity index (χ0v) is 12.8. The zero-order valence-electron chi connectivity index (χ0n) is 12.8. The van der Waals surface area contributed by atoms with Crippen LogP contribution in [0.2, 0.25) is 0 Å². The van der Waals surface area contributed by atoms with Gasteiger partial charge in [0.25, 0.3) is 0 Å². The SMILES string of the molecule is CC(C)NCCCOc1nccn2nc(C(C)C)cc12. The number of aromatic nitrogens is 3. The molecule has 2 rings (SSSR count). The van der Waals surface area contributed by atoms with Gasteiger partial charge in [-0.05, 0) is 24.9 Å². The summed E-state index contributed by atoms with van der Waals surface area (Å²) >= 11 is 0. The van der Waals surface area contributed by atoms with Crippen LogP contribution in [-0.4, -0.2) is 33.8 Å². The topological polar surface area (TPSA) is 51.5 Å². The van der Waals surface area contributed by atoms with Crippen LogP contribution in [0, 0.1) is 0 Å². The summed E-state index contributed by atoms with van der Waals surface area (Å²) < 4.78 is 7.62. The van der Waals surface area contributed by atoms with Crippen LogP contribution < -0.4 is 10.1 Å². The lowest BCUT2D eigenvalue weighted by Gasteiger charge is -2.09. The van der Waals surface area contributed by atoms with Crippen LogP contribution in [0.3, 0.4) is 0 Å². The summed E-state index contributed by atoms with van der Waals surface area (Å²) in [7, 11) is 0. The average molecular weight is 276 g/mol. The summed E-state index contributed by atoms with van der Waals surface area (Å²) in [6, 6.07) is 2.57. The van der Waals surface area contributed by atoms with Gasteiger partial charge in [-0.2, -0.15) is 5.10 Å². The Kier molecular flexibility index (Phi) is 4.95. The molecule has 5 heteroatoms. The van der Waals surface area contributed by atoms with Crippen molar-refractivity contribution in [3.8, 4) is 5.88 Å². The van der Waals surface area contributed by atoms with Gasteiger partial charge in [0.1, 0.15) is 5.52 Å². The van der Waals surface area contributed by atoms with Crippen molar-refractivity contribution in [3.05, 3.63) is 24.2 Å². The van der Waals surface area contributed by atoms with Crippen LogP contribution in [0.15, 0.2) is 18.5 Å². The first-order valence-corrected chi connectivity index (χ1v) is 7.28. The van der Waals surface area contributed by atoms with E-state index in [1.807, 2.05) is 10.7 Å². The van der Waals surface area contributed by atoms with Crippen LogP contribution in [0.25, 0.3) is 5.52 Å². The minimum absolute atomic E-state index is 0.401. The normalized spacial score (nSPS) is 11.7. The Bertz CT molecular complexity index is 548. The van der Waals surface area contributed by atoms with E-state index in [4.69, 9.17) is 4.74 Å². The highest BCUT2D eigenvalue weighted by Crippen LogP contribution is 2.21. The number of rotatable bonds is 7. The molecule has 0 fully saturated rings. The lowest BCUT2D eigenvalue weighted by atomic mass is 10.1. The number of hydrogen-bond acceptors (Lipinski definition) is 4. The van der Waals surface area contributed by atoms with E-state index in [-0.39, 0.29) is 0 Å². The number of nitrogens with one attached hydrogen (secondary N) is 1. The summed E-state index contributed by atoms with van der Waals surface area (Å²) in [4.78, 5) is 4.31. The van der Waals surface area contributed by atoms with Gasteiger partial charge < -0.3 is 10.1 Å². The highest BCUT2D eigenvalue weighted by Gasteiger charge is 2.10. The van der Waals surface area contributed by atoms with Gasteiger partial charge in [-0.15, -0.1) is 0 Å². The molecule has 110 valence electrons. The van der Waals surface area contributed by atoms with Crippen molar-refractivity contribution in [2.24, 2.45) is 0 Å². The fraction of sp³-hybridized carbons (Fsp3) is 0.600. The molecule has 0 aliphatic rings. The van der Waals surface area contributed by atoms with Crippen molar-refractivity contribution in [3.63, 3.8) is 0 Å². The molecule has 0 amide bonds. The molecule has 20 heavy (non-hydrogen) atoms. The maximum atomic E-state index is 5.78. The first-order valence-electron chi connectivity index (χ1n) is 7.28. The molecule has 2 aromatic rings. The van der Waals surface area contributed by atoms with Crippen molar-refractivity contribution < 1.29 is 4.74 Å². The van der Waals surface area contributed by atoms with Gasteiger partial charge in [-0.3, -0.25) is 0 Å². The lowest BCUT2D eigenvalue weighted by molar-refractivity contribution is 0.297. The number of fused-ring (bicyclic) bond motifs is 1. The second-order valence-corrected chi connectivity index (χ2v) is 5.60. The third-order valence-corrected chi connectivity index (χ3v) is 3.08. The molecule has 5 nitrogen and oxygen atoms in total. The van der Waals surface area contributed by atoms with Crippen LogP contribution in [0.1, 0.15) is 45.7 Å². The van der Waals surface area contributed by atoms with Crippen LogP contribution in [0.5, 0.6) is 5.88 Å². The number of nitrogens with zero attached hydrogens (tertiary/aromatic N) is 3. The maximum absolute atomic E-state index is 5.78. The molecule has 0 aliphatic carbocycles. The van der Waals surface area contributed by atoms with Crippen molar-refractivity contribution in [1.82, 2.24) is 19.9 Å². The van der Waals surface area contributed by atoms with Gasteiger partial charge in [0.05, 0.1) is 12.3 Å². The van der Waals surface area contributed by atoms with E-state index in [9.17, 15) is 0 Å². The quantitative estimate of drug-likeness (QED) is 0.790. The van der Waals surface area contributed by atoms with Gasteiger partial charge in [0.2, 0.25) is 5.88 Å². The van der Waals surface area contributed by atoms with Crippen molar-refractivity contribution in [1.29, 1.82) is 0 Å². The third-order valence-electron chi connectivity index (χ3n) is 3.08. The first-order chi connectivity index (χ1) is 9.58. The monoisotopic (exact) mass is 276 g/mol. The van der Waals surface area contributed by atoms with Crippen LogP contribution in [-0.2, 0) is 0 Å². The fourth-order valence-electron chi connectivity index (χ4n) is 1.94. The Balaban J connectivity index is 1.99. The van der Waals surface area contributed by atoms with Gasteiger partial charge in [0, 0.05) is 18.4 Å². The molecule has 0 unspecified atom stereocenters. The Hall–Kier alpha value is -1.62. The Morgan fingerprint density at radius 1 is 1.30 bits per heavy atom. The average Bonchev–Trinajstić information content (AvgIpc) is 2.83. The van der Waals surface area contributed by atoms with E-state index in [0.717, 1.165) is 24.2 Å². The maximum Gasteiger partial charge on any atom is 0.240 e. The van der Waals surface area contributed by atoms with E-state index in [1.54, 1.807) is 6.20 Å². The molecule has 0 saturated heterocycles. The molecule has 2 heterocycles. The summed E-state index contributed by atoms with van der Waals surface area (Å²) in [6.45, 7) is 10.2. The van der Waals surface area contributed by atoms with E-state index in [0.29, 0.717) is 24.4 Å². The van der Waals surface area contributed by atoms with Crippen molar-refractivity contribution >= 4 is 5.52 Å². The zero-order chi connectivity index (χ0) is 14.5. The fourth-order valence-corrected chi connectivity index (χ4v) is 1.94. The smallest absolute Gasteiger partial charge is 0.240 e.